The third-order valence-corrected chi connectivity index (χ3v) is 2.89. The Balaban J connectivity index is 2.42. The highest BCUT2D eigenvalue weighted by atomic mass is 16.6. The van der Waals surface area contributed by atoms with Crippen molar-refractivity contribution in [2.24, 2.45) is 5.11 Å². The maximum atomic E-state index is 11.6. The van der Waals surface area contributed by atoms with Gasteiger partial charge in [-0.3, -0.25) is 4.57 Å². The summed E-state index contributed by atoms with van der Waals surface area (Å²) in [4.78, 5) is 17.7. The van der Waals surface area contributed by atoms with Crippen LogP contribution in [-0.4, -0.2) is 37.7 Å². The van der Waals surface area contributed by atoms with Crippen LogP contribution in [0.15, 0.2) is 22.2 Å². The minimum absolute atomic E-state index is 0.0205. The number of hydrogen-bond acceptors (Lipinski definition) is 7. The van der Waals surface area contributed by atoms with Crippen molar-refractivity contribution in [3.05, 3.63) is 33.2 Å². The van der Waals surface area contributed by atoms with Gasteiger partial charge >= 0.3 is 5.69 Å². The van der Waals surface area contributed by atoms with Crippen LogP contribution in [0.5, 0.6) is 0 Å². The van der Waals surface area contributed by atoms with Crippen molar-refractivity contribution in [3.8, 4) is 0 Å². The zero-order chi connectivity index (χ0) is 14.2. The van der Waals surface area contributed by atoms with Crippen LogP contribution in [0.4, 0.5) is 5.82 Å². The number of aliphatic hydroxyl groups excluding tert-OH is 2. The molecule has 10 heteroatoms. The van der Waals surface area contributed by atoms with Gasteiger partial charge in [-0.15, -0.1) is 0 Å². The van der Waals surface area contributed by atoms with Crippen LogP contribution in [0.25, 0.3) is 10.4 Å². The zero-order valence-corrected chi connectivity index (χ0v) is 9.91. The molecule has 1 aromatic rings. The Morgan fingerprint density at radius 3 is 2.95 bits per heavy atom. The van der Waals surface area contributed by atoms with Crippen LogP contribution in [0, 0.1) is 0 Å². The molecule has 1 saturated heterocycles. The number of azide groups is 1. The van der Waals surface area contributed by atoms with E-state index in [1.807, 2.05) is 0 Å². The summed E-state index contributed by atoms with van der Waals surface area (Å²) in [6.07, 6.45) is -2.87. The predicted molar refractivity (Wildman–Crippen MR) is 62.6 cm³/mol. The third-order valence-electron chi connectivity index (χ3n) is 2.89. The standard InChI is InChI=1S/C9H12N6O4/c1-9(13-14-11)6(17)5(16)7(19-9)15-3-2-4(10)12-8(15)18/h2-3,5-7,16-17H,1H3,(H2,10,12,18)/t5-,6+,7-,9-/m1/s1. The van der Waals surface area contributed by atoms with Crippen LogP contribution in [-0.2, 0) is 4.74 Å². The minimum Gasteiger partial charge on any atom is -0.387 e. The zero-order valence-electron chi connectivity index (χ0n) is 9.91. The summed E-state index contributed by atoms with van der Waals surface area (Å²) in [7, 11) is 0. The van der Waals surface area contributed by atoms with E-state index in [-0.39, 0.29) is 5.82 Å². The van der Waals surface area contributed by atoms with E-state index in [0.29, 0.717) is 0 Å². The molecule has 1 fully saturated rings. The first-order chi connectivity index (χ1) is 8.89. The second kappa shape index (κ2) is 4.52. The van der Waals surface area contributed by atoms with Crippen molar-refractivity contribution in [1.29, 1.82) is 0 Å². The van der Waals surface area contributed by atoms with Gasteiger partial charge in [0.05, 0.1) is 0 Å². The lowest BCUT2D eigenvalue weighted by Gasteiger charge is -2.20. The van der Waals surface area contributed by atoms with Crippen molar-refractivity contribution in [2.75, 3.05) is 5.73 Å². The number of aliphatic hydroxyl groups is 2. The second-order valence-corrected chi connectivity index (χ2v) is 4.23. The van der Waals surface area contributed by atoms with E-state index in [2.05, 4.69) is 15.0 Å². The molecule has 4 N–H and O–H groups in total. The van der Waals surface area contributed by atoms with Gasteiger partial charge in [0.2, 0.25) is 0 Å². The van der Waals surface area contributed by atoms with Crippen LogP contribution in [0.1, 0.15) is 13.2 Å². The molecule has 102 valence electrons. The summed E-state index contributed by atoms with van der Waals surface area (Å²) in [5.74, 6) is 0.0205. The minimum atomic E-state index is -1.67. The fourth-order valence-corrected chi connectivity index (χ4v) is 1.87. The Morgan fingerprint density at radius 1 is 1.68 bits per heavy atom. The van der Waals surface area contributed by atoms with E-state index < -0.39 is 29.9 Å². The first-order valence-corrected chi connectivity index (χ1v) is 5.34. The molecule has 10 nitrogen and oxygen atoms in total. The first kappa shape index (κ1) is 13.3. The Morgan fingerprint density at radius 2 is 2.37 bits per heavy atom. The molecule has 2 rings (SSSR count). The van der Waals surface area contributed by atoms with E-state index in [9.17, 15) is 15.0 Å². The van der Waals surface area contributed by atoms with Crippen LogP contribution in [0.3, 0.4) is 0 Å². The number of anilines is 1. The highest BCUT2D eigenvalue weighted by Crippen LogP contribution is 2.37. The highest BCUT2D eigenvalue weighted by Gasteiger charge is 2.52. The average Bonchev–Trinajstić information content (AvgIpc) is 2.55. The van der Waals surface area contributed by atoms with Gasteiger partial charge in [-0.1, -0.05) is 5.11 Å². The lowest BCUT2D eigenvalue weighted by Crippen LogP contribution is -2.39. The fourth-order valence-electron chi connectivity index (χ4n) is 1.87. The van der Waals surface area contributed by atoms with Crippen LogP contribution in [0.2, 0.25) is 0 Å². The first-order valence-electron chi connectivity index (χ1n) is 5.34. The van der Waals surface area contributed by atoms with Gasteiger partial charge in [-0.25, -0.2) is 4.79 Å². The molecular formula is C9H12N6O4. The maximum Gasteiger partial charge on any atom is 0.351 e. The summed E-state index contributed by atoms with van der Waals surface area (Å²) in [5.41, 5.74) is 11.4. The number of nitrogens with zero attached hydrogens (tertiary/aromatic N) is 5. The van der Waals surface area contributed by atoms with Gasteiger partial charge < -0.3 is 20.7 Å². The van der Waals surface area contributed by atoms with Gasteiger partial charge in [0.25, 0.3) is 0 Å². The molecule has 0 bridgehead atoms. The van der Waals surface area contributed by atoms with Gasteiger partial charge in [0.1, 0.15) is 18.0 Å². The fraction of sp³-hybridized carbons (Fsp3) is 0.556. The normalized spacial score (nSPS) is 33.9. The van der Waals surface area contributed by atoms with Crippen molar-refractivity contribution in [2.45, 2.75) is 31.1 Å². The Bertz CT molecular complexity index is 597. The van der Waals surface area contributed by atoms with E-state index in [0.717, 1.165) is 4.57 Å². The molecule has 1 aliphatic heterocycles. The van der Waals surface area contributed by atoms with E-state index in [1.54, 1.807) is 0 Å². The van der Waals surface area contributed by atoms with Crippen molar-refractivity contribution >= 4 is 5.82 Å². The summed E-state index contributed by atoms with van der Waals surface area (Å²) in [6.45, 7) is 1.30. The molecule has 19 heavy (non-hydrogen) atoms. The molecule has 0 aliphatic carbocycles. The molecular weight excluding hydrogens is 256 g/mol. The smallest absolute Gasteiger partial charge is 0.351 e. The van der Waals surface area contributed by atoms with E-state index >= 15 is 0 Å². The van der Waals surface area contributed by atoms with Crippen molar-refractivity contribution < 1.29 is 14.9 Å². The van der Waals surface area contributed by atoms with Crippen molar-refractivity contribution in [1.82, 2.24) is 9.55 Å². The Kier molecular flexibility index (Phi) is 3.16. The monoisotopic (exact) mass is 268 g/mol. The Labute approximate surface area is 106 Å². The molecule has 0 aromatic carbocycles. The summed E-state index contributed by atoms with van der Waals surface area (Å²) >= 11 is 0. The molecule has 1 aromatic heterocycles. The van der Waals surface area contributed by atoms with E-state index in [4.69, 9.17) is 16.0 Å². The van der Waals surface area contributed by atoms with Gasteiger partial charge in [-0.2, -0.15) is 4.98 Å². The quantitative estimate of drug-likeness (QED) is 0.358. The number of aromatic nitrogens is 2. The topological polar surface area (TPSA) is 159 Å². The lowest BCUT2D eigenvalue weighted by atomic mass is 10.1. The number of ether oxygens (including phenoxy) is 1. The molecule has 0 unspecified atom stereocenters. The van der Waals surface area contributed by atoms with Gasteiger partial charge in [0.15, 0.2) is 12.0 Å². The number of nitrogen functional groups attached to an aromatic ring is 1. The van der Waals surface area contributed by atoms with Gasteiger partial charge in [-0.05, 0) is 18.5 Å². The summed E-state index contributed by atoms with van der Waals surface area (Å²) in [5, 5.41) is 23.0. The summed E-state index contributed by atoms with van der Waals surface area (Å²) < 4.78 is 6.24. The molecule has 0 spiro atoms. The SMILES string of the molecule is C[C@@]1(N=[N+]=[N-])O[C@@H](n2ccc(N)nc2=O)[C@H](O)[C@@H]1O. The average molecular weight is 268 g/mol. The highest BCUT2D eigenvalue weighted by molar-refractivity contribution is 5.23. The number of rotatable bonds is 2. The van der Waals surface area contributed by atoms with Crippen LogP contribution < -0.4 is 11.4 Å². The molecule has 0 radical (unpaired) electrons. The molecule has 0 amide bonds. The third kappa shape index (κ3) is 2.13. The molecule has 1 aliphatic rings. The second-order valence-electron chi connectivity index (χ2n) is 4.23. The largest absolute Gasteiger partial charge is 0.387 e. The summed E-state index contributed by atoms with van der Waals surface area (Å²) in [6, 6.07) is 1.34. The van der Waals surface area contributed by atoms with Crippen LogP contribution >= 0.6 is 0 Å². The Hall–Kier alpha value is -2.13. The predicted octanol–water partition coefficient (Wildman–Crippen LogP) is -0.897. The maximum absolute atomic E-state index is 11.6. The lowest BCUT2D eigenvalue weighted by molar-refractivity contribution is -0.0899. The van der Waals surface area contributed by atoms with Gasteiger partial charge in [0, 0.05) is 11.1 Å². The molecule has 2 heterocycles. The van der Waals surface area contributed by atoms with Crippen molar-refractivity contribution in [3.63, 3.8) is 0 Å². The number of nitrogens with two attached hydrogens (primary N) is 1. The number of hydrogen-bond donors (Lipinski definition) is 3. The molecule has 4 atom stereocenters. The van der Waals surface area contributed by atoms with E-state index in [1.165, 1.54) is 19.2 Å². The molecule has 0 saturated carbocycles.